The van der Waals surface area contributed by atoms with E-state index in [1.807, 2.05) is 0 Å². The van der Waals surface area contributed by atoms with Gasteiger partial charge < -0.3 is 15.5 Å². The molecule has 0 aromatic carbocycles. The normalized spacial score (nSPS) is 26.0. The predicted molar refractivity (Wildman–Crippen MR) is 65.0 cm³/mol. The van der Waals surface area contributed by atoms with E-state index in [1.165, 1.54) is 19.3 Å². The van der Waals surface area contributed by atoms with Crippen LogP contribution in [0.4, 0.5) is 0 Å². The highest BCUT2D eigenvalue weighted by Gasteiger charge is 2.33. The molecule has 1 fully saturated rings. The molecule has 0 spiro atoms. The number of hydrogen-bond donors (Lipinski definition) is 3. The fourth-order valence-electron chi connectivity index (χ4n) is 2.95. The van der Waals surface area contributed by atoms with Gasteiger partial charge in [-0.2, -0.15) is 0 Å². The molecule has 0 saturated heterocycles. The Hall–Kier alpha value is -1.52. The smallest absolute Gasteiger partial charge is 0.344 e. The summed E-state index contributed by atoms with van der Waals surface area (Å²) in [4.78, 5) is 22.3. The zero-order chi connectivity index (χ0) is 13.1. The molecule has 0 bridgehead atoms. The Morgan fingerprint density at radius 1 is 1.28 bits per heavy atom. The van der Waals surface area contributed by atoms with Gasteiger partial charge in [0.05, 0.1) is 0 Å². The van der Waals surface area contributed by atoms with E-state index < -0.39 is 17.4 Å². The van der Waals surface area contributed by atoms with Crippen LogP contribution in [0.1, 0.15) is 38.5 Å². The maximum Gasteiger partial charge on any atom is 0.344 e. The van der Waals surface area contributed by atoms with E-state index >= 15 is 0 Å². The summed E-state index contributed by atoms with van der Waals surface area (Å²) in [7, 11) is 0. The summed E-state index contributed by atoms with van der Waals surface area (Å²) in [6.07, 6.45) is 6.73. The van der Waals surface area contributed by atoms with Crippen molar-refractivity contribution in [3.05, 3.63) is 11.3 Å². The van der Waals surface area contributed by atoms with Crippen LogP contribution in [0.2, 0.25) is 0 Å². The topological polar surface area (TPSA) is 86.6 Å². The number of amides is 1. The molecule has 1 heterocycles. The molecule has 0 aromatic rings. The Kier molecular flexibility index (Phi) is 3.89. The quantitative estimate of drug-likeness (QED) is 0.667. The largest absolute Gasteiger partial charge is 0.511 e. The molecule has 3 N–H and O–H groups in total. The van der Waals surface area contributed by atoms with Gasteiger partial charge in [-0.15, -0.1) is 0 Å². The third-order valence-electron chi connectivity index (χ3n) is 3.94. The number of carboxylic acids is 1. The highest BCUT2D eigenvalue weighted by molar-refractivity contribution is 6.16. The van der Waals surface area contributed by atoms with Crippen LogP contribution in [-0.4, -0.2) is 28.6 Å². The van der Waals surface area contributed by atoms with Gasteiger partial charge in [0.1, 0.15) is 5.76 Å². The number of nitrogens with one attached hydrogen (secondary N) is 1. The molecule has 1 atom stereocenters. The monoisotopic (exact) mass is 253 g/mol. The van der Waals surface area contributed by atoms with Crippen molar-refractivity contribution in [2.75, 3.05) is 6.54 Å². The van der Waals surface area contributed by atoms with Crippen LogP contribution in [0, 0.1) is 11.8 Å². The third-order valence-corrected chi connectivity index (χ3v) is 3.94. The van der Waals surface area contributed by atoms with Crippen molar-refractivity contribution in [3.63, 3.8) is 0 Å². The van der Waals surface area contributed by atoms with Crippen LogP contribution in [0.3, 0.4) is 0 Å². The van der Waals surface area contributed by atoms with Crippen LogP contribution in [0.15, 0.2) is 11.3 Å². The number of aliphatic hydroxyl groups is 1. The molecule has 5 nitrogen and oxygen atoms in total. The van der Waals surface area contributed by atoms with Crippen molar-refractivity contribution < 1.29 is 19.8 Å². The molecule has 1 unspecified atom stereocenters. The fourth-order valence-corrected chi connectivity index (χ4v) is 2.95. The Bertz CT molecular complexity index is 382. The standard InChI is InChI=1S/C13H19NO4/c15-11-9(6-8-4-2-1-3-5-8)7-14-12(16)10(11)13(17)18/h8-9,15H,1-7H2,(H,14,16)(H,17,18). The van der Waals surface area contributed by atoms with E-state index in [2.05, 4.69) is 5.32 Å². The predicted octanol–water partition coefficient (Wildman–Crippen LogP) is 1.60. The van der Waals surface area contributed by atoms with E-state index in [-0.39, 0.29) is 11.7 Å². The lowest BCUT2D eigenvalue weighted by Gasteiger charge is -2.29. The summed E-state index contributed by atoms with van der Waals surface area (Å²) in [5, 5.41) is 21.4. The number of carboxylic acid groups (broad SMARTS) is 1. The van der Waals surface area contributed by atoms with Gasteiger partial charge >= 0.3 is 5.97 Å². The first-order chi connectivity index (χ1) is 8.59. The van der Waals surface area contributed by atoms with E-state index in [0.29, 0.717) is 12.5 Å². The van der Waals surface area contributed by atoms with Gasteiger partial charge in [0.25, 0.3) is 5.91 Å². The summed E-state index contributed by atoms with van der Waals surface area (Å²) in [6, 6.07) is 0. The summed E-state index contributed by atoms with van der Waals surface area (Å²) in [5.74, 6) is -1.97. The minimum absolute atomic E-state index is 0.239. The van der Waals surface area contributed by atoms with E-state index in [9.17, 15) is 14.7 Å². The Balaban J connectivity index is 2.08. The molecule has 1 aliphatic carbocycles. The molecule has 1 amide bonds. The minimum atomic E-state index is -1.35. The van der Waals surface area contributed by atoms with Crippen molar-refractivity contribution in [2.24, 2.45) is 11.8 Å². The fraction of sp³-hybridized carbons (Fsp3) is 0.692. The van der Waals surface area contributed by atoms with Crippen LogP contribution >= 0.6 is 0 Å². The van der Waals surface area contributed by atoms with E-state index in [4.69, 9.17) is 5.11 Å². The average Bonchev–Trinajstić information content (AvgIpc) is 2.34. The van der Waals surface area contributed by atoms with Gasteiger partial charge in [-0.05, 0) is 12.3 Å². The average molecular weight is 253 g/mol. The van der Waals surface area contributed by atoms with Crippen molar-refractivity contribution in [1.29, 1.82) is 0 Å². The van der Waals surface area contributed by atoms with E-state index in [0.717, 1.165) is 19.3 Å². The molecule has 5 heteroatoms. The number of carbonyl (C=O) groups excluding carboxylic acids is 1. The van der Waals surface area contributed by atoms with Crippen molar-refractivity contribution >= 4 is 11.9 Å². The van der Waals surface area contributed by atoms with Gasteiger partial charge in [-0.25, -0.2) is 4.79 Å². The molecule has 100 valence electrons. The molecular weight excluding hydrogens is 234 g/mol. The molecular formula is C13H19NO4. The molecule has 0 radical (unpaired) electrons. The van der Waals surface area contributed by atoms with Crippen molar-refractivity contribution in [3.8, 4) is 0 Å². The Morgan fingerprint density at radius 2 is 1.94 bits per heavy atom. The van der Waals surface area contributed by atoms with Crippen LogP contribution in [0.25, 0.3) is 0 Å². The second-order valence-electron chi connectivity index (χ2n) is 5.21. The zero-order valence-electron chi connectivity index (χ0n) is 10.3. The minimum Gasteiger partial charge on any atom is -0.511 e. The highest BCUT2D eigenvalue weighted by Crippen LogP contribution is 2.32. The lowest BCUT2D eigenvalue weighted by atomic mass is 9.81. The molecule has 2 rings (SSSR count). The second kappa shape index (κ2) is 5.42. The number of carbonyl (C=O) groups is 2. The first-order valence-corrected chi connectivity index (χ1v) is 6.54. The summed E-state index contributed by atoms with van der Waals surface area (Å²) >= 11 is 0. The molecule has 1 aliphatic heterocycles. The molecule has 1 saturated carbocycles. The zero-order valence-corrected chi connectivity index (χ0v) is 10.3. The number of aliphatic hydroxyl groups excluding tert-OH is 1. The van der Waals surface area contributed by atoms with Crippen LogP contribution < -0.4 is 5.32 Å². The van der Waals surface area contributed by atoms with E-state index in [1.54, 1.807) is 0 Å². The van der Waals surface area contributed by atoms with Crippen molar-refractivity contribution in [1.82, 2.24) is 5.32 Å². The van der Waals surface area contributed by atoms with Gasteiger partial charge in [-0.3, -0.25) is 4.79 Å². The molecule has 18 heavy (non-hydrogen) atoms. The maximum atomic E-state index is 11.4. The first kappa shape index (κ1) is 12.9. The molecule has 2 aliphatic rings. The van der Waals surface area contributed by atoms with Gasteiger partial charge in [-0.1, -0.05) is 32.1 Å². The number of hydrogen-bond acceptors (Lipinski definition) is 3. The first-order valence-electron chi connectivity index (χ1n) is 6.54. The maximum absolute atomic E-state index is 11.4. The van der Waals surface area contributed by atoms with Crippen LogP contribution in [0.5, 0.6) is 0 Å². The molecule has 0 aromatic heterocycles. The summed E-state index contributed by atoms with van der Waals surface area (Å²) in [5.41, 5.74) is -0.484. The van der Waals surface area contributed by atoms with Crippen LogP contribution in [-0.2, 0) is 9.59 Å². The number of aliphatic carboxylic acids is 1. The Labute approximate surface area is 106 Å². The van der Waals surface area contributed by atoms with Gasteiger partial charge in [0, 0.05) is 12.5 Å². The number of rotatable bonds is 3. The summed E-state index contributed by atoms with van der Waals surface area (Å²) < 4.78 is 0. The second-order valence-corrected chi connectivity index (χ2v) is 5.21. The lowest BCUT2D eigenvalue weighted by Crippen LogP contribution is -2.40. The van der Waals surface area contributed by atoms with Crippen molar-refractivity contribution in [2.45, 2.75) is 38.5 Å². The lowest BCUT2D eigenvalue weighted by molar-refractivity contribution is -0.135. The third kappa shape index (κ3) is 2.66. The highest BCUT2D eigenvalue weighted by atomic mass is 16.4. The van der Waals surface area contributed by atoms with Gasteiger partial charge in [0.15, 0.2) is 5.57 Å². The van der Waals surface area contributed by atoms with Gasteiger partial charge in [0.2, 0.25) is 0 Å². The SMILES string of the molecule is O=C(O)C1=C(O)C(CC2CCCCC2)CNC1=O. The summed E-state index contributed by atoms with van der Waals surface area (Å²) in [6.45, 7) is 0.345. The Morgan fingerprint density at radius 3 is 2.56 bits per heavy atom.